The van der Waals surface area contributed by atoms with Crippen LogP contribution in [0.4, 0.5) is 21.9 Å². The molecule has 0 radical (unpaired) electrons. The van der Waals surface area contributed by atoms with E-state index in [2.05, 4.69) is 43.8 Å². The summed E-state index contributed by atoms with van der Waals surface area (Å²) in [5, 5.41) is 7.64. The van der Waals surface area contributed by atoms with Crippen molar-refractivity contribution in [3.05, 3.63) is 89.5 Å². The molecule has 3 aromatic carbocycles. The van der Waals surface area contributed by atoms with Gasteiger partial charge in [-0.15, -0.1) is 5.10 Å². The lowest BCUT2D eigenvalue weighted by atomic mass is 10.1. The van der Waals surface area contributed by atoms with Gasteiger partial charge in [0.05, 0.1) is 32.5 Å². The number of nitrogens with zero attached hydrogens (tertiary/aromatic N) is 4. The largest absolute Gasteiger partial charge is 0.368 e. The van der Waals surface area contributed by atoms with E-state index in [0.29, 0.717) is 5.84 Å². The number of urea groups is 1. The Hall–Kier alpha value is -3.64. The van der Waals surface area contributed by atoms with Crippen LogP contribution in [0.3, 0.4) is 0 Å². The first-order valence-electron chi connectivity index (χ1n) is 10.3. The SMILES string of the molecule is Cc1ccc(N2N=C(c3ccc([N+](C)(C)C)cc3)NN(c3ccc(C)cc3)C2=O)cc1. The molecule has 6 heteroatoms. The van der Waals surface area contributed by atoms with Gasteiger partial charge in [0, 0.05) is 5.56 Å². The summed E-state index contributed by atoms with van der Waals surface area (Å²) in [4.78, 5) is 13.3. The molecule has 0 spiro atoms. The van der Waals surface area contributed by atoms with E-state index < -0.39 is 0 Å². The monoisotopic (exact) mass is 414 g/mol. The summed E-state index contributed by atoms with van der Waals surface area (Å²) in [5.41, 5.74) is 9.03. The zero-order chi connectivity index (χ0) is 22.2. The number of aryl methyl sites for hydroxylation is 2. The third kappa shape index (κ3) is 4.29. The third-order valence-electron chi connectivity index (χ3n) is 5.28. The maximum atomic E-state index is 13.3. The van der Waals surface area contributed by atoms with E-state index in [1.54, 1.807) is 0 Å². The molecule has 1 aliphatic heterocycles. The maximum absolute atomic E-state index is 13.3. The van der Waals surface area contributed by atoms with Crippen LogP contribution in [-0.2, 0) is 0 Å². The Morgan fingerprint density at radius 2 is 1.26 bits per heavy atom. The van der Waals surface area contributed by atoms with E-state index in [0.717, 1.165) is 32.5 Å². The molecule has 0 saturated carbocycles. The molecule has 31 heavy (non-hydrogen) atoms. The molecular weight excluding hydrogens is 386 g/mol. The van der Waals surface area contributed by atoms with Gasteiger partial charge < -0.3 is 0 Å². The number of benzene rings is 3. The van der Waals surface area contributed by atoms with Gasteiger partial charge in [0.2, 0.25) is 0 Å². The van der Waals surface area contributed by atoms with Gasteiger partial charge in [-0.2, -0.15) is 5.01 Å². The van der Waals surface area contributed by atoms with Crippen LogP contribution in [-0.4, -0.2) is 33.0 Å². The highest BCUT2D eigenvalue weighted by atomic mass is 16.2. The maximum Gasteiger partial charge on any atom is 0.368 e. The van der Waals surface area contributed by atoms with E-state index in [4.69, 9.17) is 0 Å². The van der Waals surface area contributed by atoms with Crippen LogP contribution in [0.2, 0.25) is 0 Å². The Morgan fingerprint density at radius 3 is 1.77 bits per heavy atom. The Labute approximate surface area is 183 Å². The first-order valence-corrected chi connectivity index (χ1v) is 10.3. The number of quaternary nitrogens is 1. The number of hydrogen-bond acceptors (Lipinski definition) is 3. The zero-order valence-electron chi connectivity index (χ0n) is 18.6. The minimum Gasteiger partial charge on any atom is -0.298 e. The fraction of sp³-hybridized carbons (Fsp3) is 0.200. The molecular formula is C25H28N5O+. The number of anilines is 2. The number of amidine groups is 1. The molecule has 0 saturated heterocycles. The molecule has 4 rings (SSSR count). The fourth-order valence-electron chi connectivity index (χ4n) is 3.33. The van der Waals surface area contributed by atoms with Crippen LogP contribution in [0.1, 0.15) is 16.7 Å². The summed E-state index contributed by atoms with van der Waals surface area (Å²) in [6.07, 6.45) is 0. The zero-order valence-corrected chi connectivity index (χ0v) is 18.6. The van der Waals surface area contributed by atoms with Gasteiger partial charge in [-0.25, -0.2) is 9.80 Å². The molecule has 1 N–H and O–H groups in total. The number of nitrogens with one attached hydrogen (secondary N) is 1. The second kappa shape index (κ2) is 7.89. The smallest absolute Gasteiger partial charge is 0.298 e. The molecule has 1 heterocycles. The predicted molar refractivity (Wildman–Crippen MR) is 128 cm³/mol. The number of hydrazone groups is 1. The number of rotatable bonds is 4. The molecule has 2 amide bonds. The van der Waals surface area contributed by atoms with Crippen molar-refractivity contribution < 1.29 is 4.79 Å². The Balaban J connectivity index is 1.76. The van der Waals surface area contributed by atoms with Crippen molar-refractivity contribution in [1.29, 1.82) is 0 Å². The molecule has 0 unspecified atom stereocenters. The quantitative estimate of drug-likeness (QED) is 0.623. The lowest BCUT2D eigenvalue weighted by molar-refractivity contribution is 0.249. The molecule has 0 atom stereocenters. The van der Waals surface area contributed by atoms with Crippen molar-refractivity contribution in [2.75, 3.05) is 31.2 Å². The highest BCUT2D eigenvalue weighted by Gasteiger charge is 2.30. The third-order valence-corrected chi connectivity index (χ3v) is 5.28. The Bertz CT molecular complexity index is 1110. The minimum atomic E-state index is -0.264. The number of carbonyl (C=O) groups is 1. The molecule has 0 fully saturated rings. The minimum absolute atomic E-state index is 0.264. The van der Waals surface area contributed by atoms with Crippen LogP contribution in [0.5, 0.6) is 0 Å². The van der Waals surface area contributed by atoms with Gasteiger partial charge in [-0.05, 0) is 62.4 Å². The lowest BCUT2D eigenvalue weighted by Crippen LogP contribution is -2.56. The van der Waals surface area contributed by atoms with Crippen LogP contribution >= 0.6 is 0 Å². The van der Waals surface area contributed by atoms with E-state index in [9.17, 15) is 4.79 Å². The van der Waals surface area contributed by atoms with Gasteiger partial charge in [0.1, 0.15) is 5.69 Å². The van der Waals surface area contributed by atoms with E-state index in [1.165, 1.54) is 15.7 Å². The first kappa shape index (κ1) is 20.6. The van der Waals surface area contributed by atoms with Crippen LogP contribution < -0.4 is 19.9 Å². The highest BCUT2D eigenvalue weighted by molar-refractivity contribution is 6.13. The fourth-order valence-corrected chi connectivity index (χ4v) is 3.33. The van der Waals surface area contributed by atoms with E-state index >= 15 is 0 Å². The Kier molecular flexibility index (Phi) is 5.25. The van der Waals surface area contributed by atoms with Crippen molar-refractivity contribution in [3.8, 4) is 0 Å². The second-order valence-corrected chi connectivity index (χ2v) is 8.72. The van der Waals surface area contributed by atoms with Crippen LogP contribution in [0, 0.1) is 13.8 Å². The summed E-state index contributed by atoms with van der Waals surface area (Å²) in [7, 11) is 6.38. The van der Waals surface area contributed by atoms with Gasteiger partial charge in [-0.3, -0.25) is 9.91 Å². The number of amides is 2. The molecule has 0 aliphatic carbocycles. The van der Waals surface area contributed by atoms with Gasteiger partial charge in [-0.1, -0.05) is 35.4 Å². The normalized spacial score (nSPS) is 14.4. The van der Waals surface area contributed by atoms with E-state index in [-0.39, 0.29) is 6.03 Å². The summed E-state index contributed by atoms with van der Waals surface area (Å²) in [5.74, 6) is 0.605. The Morgan fingerprint density at radius 1 is 0.742 bits per heavy atom. The van der Waals surface area contributed by atoms with Gasteiger partial charge >= 0.3 is 6.03 Å². The summed E-state index contributed by atoms with van der Waals surface area (Å²) in [6.45, 7) is 4.04. The topological polar surface area (TPSA) is 47.9 Å². The first-order chi connectivity index (χ1) is 14.7. The van der Waals surface area contributed by atoms with Gasteiger partial charge in [0.15, 0.2) is 5.84 Å². The van der Waals surface area contributed by atoms with Crippen molar-refractivity contribution in [3.63, 3.8) is 0 Å². The lowest BCUT2D eigenvalue weighted by Gasteiger charge is -2.34. The van der Waals surface area contributed by atoms with Gasteiger partial charge in [0.25, 0.3) is 0 Å². The molecule has 6 nitrogen and oxygen atoms in total. The summed E-state index contributed by atoms with van der Waals surface area (Å²) >= 11 is 0. The predicted octanol–water partition coefficient (Wildman–Crippen LogP) is 4.81. The molecule has 0 aromatic heterocycles. The average molecular weight is 415 g/mol. The van der Waals surface area contributed by atoms with Crippen molar-refractivity contribution in [2.24, 2.45) is 5.10 Å². The van der Waals surface area contributed by atoms with Crippen LogP contribution in [0.25, 0.3) is 0 Å². The number of carbonyl (C=O) groups excluding carboxylic acids is 1. The summed E-state index contributed by atoms with van der Waals surface area (Å²) < 4.78 is 0.726. The van der Waals surface area contributed by atoms with E-state index in [1.807, 2.05) is 74.5 Å². The molecule has 3 aromatic rings. The summed E-state index contributed by atoms with van der Waals surface area (Å²) in [6, 6.07) is 23.6. The van der Waals surface area contributed by atoms with Crippen LogP contribution in [0.15, 0.2) is 77.9 Å². The number of hydrogen-bond donors (Lipinski definition) is 1. The standard InChI is InChI=1S/C25H28N5O/c1-18-6-12-21(13-7-18)28-25(31)29(22-14-8-19(2)9-15-22)27-24(26-28)20-10-16-23(17-11-20)30(3,4)5/h6-17H,1-5H3,(H,26,27)/q+1. The van der Waals surface area contributed by atoms with Crippen molar-refractivity contribution >= 4 is 28.9 Å². The van der Waals surface area contributed by atoms with Crippen molar-refractivity contribution in [2.45, 2.75) is 13.8 Å². The molecule has 0 bridgehead atoms. The average Bonchev–Trinajstić information content (AvgIpc) is 2.75. The molecule has 1 aliphatic rings. The molecule has 158 valence electrons. The number of hydrazine groups is 1. The van der Waals surface area contributed by atoms with Crippen molar-refractivity contribution in [1.82, 2.24) is 9.91 Å². The second-order valence-electron chi connectivity index (χ2n) is 8.72. The highest BCUT2D eigenvalue weighted by Crippen LogP contribution is 2.25.